The van der Waals surface area contributed by atoms with E-state index >= 15 is 0 Å². The molecule has 1 heterocycles. The number of benzene rings is 3. The third-order valence-electron chi connectivity index (χ3n) is 4.90. The van der Waals surface area contributed by atoms with Crippen LogP contribution >= 0.6 is 0 Å². The van der Waals surface area contributed by atoms with Gasteiger partial charge in [-0.25, -0.2) is 17.5 Å². The normalized spacial score (nSPS) is 11.2. The molecule has 33 heavy (non-hydrogen) atoms. The Balaban J connectivity index is 1.33. The fourth-order valence-electron chi connectivity index (χ4n) is 3.17. The van der Waals surface area contributed by atoms with Crippen molar-refractivity contribution in [1.29, 1.82) is 0 Å². The molecule has 2 N–H and O–H groups in total. The van der Waals surface area contributed by atoms with Crippen molar-refractivity contribution in [2.75, 3.05) is 11.3 Å². The van der Waals surface area contributed by atoms with Gasteiger partial charge in [-0.15, -0.1) is 0 Å². The zero-order valence-corrected chi connectivity index (χ0v) is 18.3. The van der Waals surface area contributed by atoms with Gasteiger partial charge in [0.15, 0.2) is 0 Å². The Morgan fingerprint density at radius 3 is 2.36 bits per heavy atom. The summed E-state index contributed by atoms with van der Waals surface area (Å²) in [5, 5.41) is 7.14. The molecule has 0 aliphatic carbocycles. The van der Waals surface area contributed by atoms with Gasteiger partial charge in [0, 0.05) is 18.3 Å². The SMILES string of the molecule is O=C(NCCc1cnn(-c2ccccc2)c1)c1ccc(S(=O)(=O)Nc2ccccc2F)cc1. The number of halogens is 1. The van der Waals surface area contributed by atoms with Crippen LogP contribution in [0.3, 0.4) is 0 Å². The largest absolute Gasteiger partial charge is 0.352 e. The number of hydrogen-bond donors (Lipinski definition) is 2. The highest BCUT2D eigenvalue weighted by atomic mass is 32.2. The van der Waals surface area contributed by atoms with E-state index in [1.807, 2.05) is 36.5 Å². The number of rotatable bonds is 8. The number of carbonyl (C=O) groups excluding carboxylic acids is 1. The Morgan fingerprint density at radius 2 is 1.64 bits per heavy atom. The first-order valence-electron chi connectivity index (χ1n) is 10.2. The van der Waals surface area contributed by atoms with Gasteiger partial charge in [0.25, 0.3) is 15.9 Å². The number of anilines is 1. The second kappa shape index (κ2) is 9.66. The molecule has 0 atom stereocenters. The van der Waals surface area contributed by atoms with Crippen molar-refractivity contribution < 1.29 is 17.6 Å². The summed E-state index contributed by atoms with van der Waals surface area (Å²) in [6.45, 7) is 0.397. The zero-order valence-electron chi connectivity index (χ0n) is 17.5. The van der Waals surface area contributed by atoms with Gasteiger partial charge in [-0.1, -0.05) is 30.3 Å². The molecule has 0 spiro atoms. The predicted molar refractivity (Wildman–Crippen MR) is 123 cm³/mol. The van der Waals surface area contributed by atoms with Crippen LogP contribution in [0.25, 0.3) is 5.69 Å². The molecule has 1 amide bonds. The Bertz CT molecular complexity index is 1350. The van der Waals surface area contributed by atoms with Crippen LogP contribution in [-0.2, 0) is 16.4 Å². The summed E-state index contributed by atoms with van der Waals surface area (Å²) in [4.78, 5) is 12.3. The lowest BCUT2D eigenvalue weighted by molar-refractivity contribution is 0.0954. The van der Waals surface area contributed by atoms with E-state index in [4.69, 9.17) is 0 Å². The average molecular weight is 465 g/mol. The second-order valence-electron chi connectivity index (χ2n) is 7.24. The van der Waals surface area contributed by atoms with Crippen LogP contribution in [0.4, 0.5) is 10.1 Å². The summed E-state index contributed by atoms with van der Waals surface area (Å²) in [5.74, 6) is -0.997. The van der Waals surface area contributed by atoms with E-state index in [1.165, 1.54) is 42.5 Å². The molecule has 0 aliphatic rings. The van der Waals surface area contributed by atoms with Crippen LogP contribution in [0.15, 0.2) is 96.2 Å². The second-order valence-corrected chi connectivity index (χ2v) is 8.93. The lowest BCUT2D eigenvalue weighted by Gasteiger charge is -2.09. The van der Waals surface area contributed by atoms with Crippen molar-refractivity contribution in [1.82, 2.24) is 15.1 Å². The number of para-hydroxylation sites is 2. The molecule has 0 aliphatic heterocycles. The van der Waals surface area contributed by atoms with Gasteiger partial charge in [-0.3, -0.25) is 9.52 Å². The molecule has 7 nitrogen and oxygen atoms in total. The highest BCUT2D eigenvalue weighted by molar-refractivity contribution is 7.92. The molecule has 1 aromatic heterocycles. The van der Waals surface area contributed by atoms with Gasteiger partial charge in [-0.05, 0) is 60.5 Å². The number of carbonyl (C=O) groups is 1. The topological polar surface area (TPSA) is 93.1 Å². The third kappa shape index (κ3) is 5.45. The molecule has 0 saturated carbocycles. The zero-order chi connectivity index (χ0) is 23.3. The Kier molecular flexibility index (Phi) is 6.50. The first kappa shape index (κ1) is 22.2. The van der Waals surface area contributed by atoms with Crippen LogP contribution in [0.2, 0.25) is 0 Å². The van der Waals surface area contributed by atoms with Crippen LogP contribution in [0.5, 0.6) is 0 Å². The minimum Gasteiger partial charge on any atom is -0.352 e. The van der Waals surface area contributed by atoms with Crippen molar-refractivity contribution in [2.24, 2.45) is 0 Å². The smallest absolute Gasteiger partial charge is 0.261 e. The van der Waals surface area contributed by atoms with E-state index in [-0.39, 0.29) is 16.5 Å². The Morgan fingerprint density at radius 1 is 0.939 bits per heavy atom. The van der Waals surface area contributed by atoms with Gasteiger partial charge < -0.3 is 5.32 Å². The quantitative estimate of drug-likeness (QED) is 0.415. The standard InChI is InChI=1S/C24H21FN4O3S/c25-22-8-4-5-9-23(22)28-33(31,32)21-12-10-19(11-13-21)24(30)26-15-14-18-16-27-29(17-18)20-6-2-1-3-7-20/h1-13,16-17,28H,14-15H2,(H,26,30). The minimum absolute atomic E-state index is 0.0735. The van der Waals surface area contributed by atoms with Crippen LogP contribution < -0.4 is 10.0 Å². The molecule has 9 heteroatoms. The third-order valence-corrected chi connectivity index (χ3v) is 6.28. The first-order valence-corrected chi connectivity index (χ1v) is 11.7. The lowest BCUT2D eigenvalue weighted by Crippen LogP contribution is -2.25. The maximum Gasteiger partial charge on any atom is 0.261 e. The fraction of sp³-hybridized carbons (Fsp3) is 0.0833. The predicted octanol–water partition coefficient (Wildman–Crippen LogP) is 3.78. The molecule has 3 aromatic carbocycles. The maximum atomic E-state index is 13.7. The molecule has 0 fully saturated rings. The highest BCUT2D eigenvalue weighted by Crippen LogP contribution is 2.19. The average Bonchev–Trinajstić information content (AvgIpc) is 3.30. The summed E-state index contributed by atoms with van der Waals surface area (Å²) < 4.78 is 42.7. The van der Waals surface area contributed by atoms with Gasteiger partial charge in [0.05, 0.1) is 22.5 Å². The monoisotopic (exact) mass is 464 g/mol. The van der Waals surface area contributed by atoms with Crippen molar-refractivity contribution in [3.05, 3.63) is 108 Å². The maximum absolute atomic E-state index is 13.7. The molecule has 4 aromatic rings. The first-order chi connectivity index (χ1) is 15.9. The summed E-state index contributed by atoms with van der Waals surface area (Å²) in [6.07, 6.45) is 4.25. The van der Waals surface area contributed by atoms with E-state index in [0.717, 1.165) is 17.3 Å². The Labute approximate surface area is 190 Å². The van der Waals surface area contributed by atoms with Crippen molar-refractivity contribution in [2.45, 2.75) is 11.3 Å². The molecule has 4 rings (SSSR count). The minimum atomic E-state index is -3.98. The number of aromatic nitrogens is 2. The van der Waals surface area contributed by atoms with Crippen molar-refractivity contribution in [3.63, 3.8) is 0 Å². The van der Waals surface area contributed by atoms with Gasteiger partial charge in [0.1, 0.15) is 5.82 Å². The van der Waals surface area contributed by atoms with Crippen molar-refractivity contribution >= 4 is 21.6 Å². The molecule has 168 valence electrons. The van der Waals surface area contributed by atoms with E-state index in [9.17, 15) is 17.6 Å². The van der Waals surface area contributed by atoms with Gasteiger partial charge in [-0.2, -0.15) is 5.10 Å². The summed E-state index contributed by atoms with van der Waals surface area (Å²) in [6, 6.07) is 20.6. The van der Waals surface area contributed by atoms with Gasteiger partial charge in [0.2, 0.25) is 0 Å². The van der Waals surface area contributed by atoms with Gasteiger partial charge >= 0.3 is 0 Å². The van der Waals surface area contributed by atoms with Crippen LogP contribution in [0, 0.1) is 5.82 Å². The molecule has 0 bridgehead atoms. The molecular weight excluding hydrogens is 443 g/mol. The number of amides is 1. The number of nitrogens with one attached hydrogen (secondary N) is 2. The van der Waals surface area contributed by atoms with Crippen LogP contribution in [0.1, 0.15) is 15.9 Å². The highest BCUT2D eigenvalue weighted by Gasteiger charge is 2.17. The van der Waals surface area contributed by atoms with E-state index in [0.29, 0.717) is 18.5 Å². The summed E-state index contributed by atoms with van der Waals surface area (Å²) >= 11 is 0. The molecule has 0 unspecified atom stereocenters. The van der Waals surface area contributed by atoms with E-state index in [2.05, 4.69) is 15.1 Å². The van der Waals surface area contributed by atoms with E-state index < -0.39 is 15.8 Å². The lowest BCUT2D eigenvalue weighted by atomic mass is 10.2. The molecular formula is C24H21FN4O3S. The number of sulfonamides is 1. The number of hydrogen-bond acceptors (Lipinski definition) is 4. The molecule has 0 radical (unpaired) electrons. The number of nitrogens with zero attached hydrogens (tertiary/aromatic N) is 2. The van der Waals surface area contributed by atoms with Crippen molar-refractivity contribution in [3.8, 4) is 5.69 Å². The van der Waals surface area contributed by atoms with Crippen LogP contribution in [-0.4, -0.2) is 30.7 Å². The summed E-state index contributed by atoms with van der Waals surface area (Å²) in [5.41, 5.74) is 2.10. The Hall–Kier alpha value is -3.98. The molecule has 0 saturated heterocycles. The summed E-state index contributed by atoms with van der Waals surface area (Å²) in [7, 11) is -3.98. The van der Waals surface area contributed by atoms with E-state index in [1.54, 1.807) is 10.9 Å². The fourth-order valence-corrected chi connectivity index (χ4v) is 4.23.